The Morgan fingerprint density at radius 2 is 1.64 bits per heavy atom. The molecule has 0 fully saturated rings. The smallest absolute Gasteiger partial charge is 0.459 e. The van der Waals surface area contributed by atoms with Crippen LogP contribution < -0.4 is 15.3 Å². The summed E-state index contributed by atoms with van der Waals surface area (Å²) >= 11 is 0. The van der Waals surface area contributed by atoms with Crippen molar-refractivity contribution in [3.63, 3.8) is 0 Å². The summed E-state index contributed by atoms with van der Waals surface area (Å²) in [5.74, 6) is 0.629. The molecule has 3 N–H and O–H groups in total. The Balaban J connectivity index is 1.41. The second-order valence-electron chi connectivity index (χ2n) is 10.2. The van der Waals surface area contributed by atoms with E-state index in [0.29, 0.717) is 29.5 Å². The number of pyridine rings is 1. The largest absolute Gasteiger partial charge is 0.460 e. The van der Waals surface area contributed by atoms with Gasteiger partial charge in [-0.25, -0.2) is 14.5 Å². The molecule has 0 bridgehead atoms. The van der Waals surface area contributed by atoms with E-state index >= 15 is 0 Å². The third-order valence-corrected chi connectivity index (χ3v) is 8.57. The standard InChI is InChI=1S/C32H36N5O6P/c1-4-40-21-28-35-29-30(26-17-11-12-18-27(26)34-31(29)33)37(28)19-22(2)42-44(39,43-25-15-9-6-10-16-25)36-23(3)32(38)41-20-24-13-7-5-8-14-24/h5-18,22-23H,4,19-21H2,1-3H3,(H2,33,34)(H,36,39)/t22-,23+,44?/m1/s1. The molecule has 2 aromatic heterocycles. The van der Waals surface area contributed by atoms with E-state index in [9.17, 15) is 9.36 Å². The first-order valence-corrected chi connectivity index (χ1v) is 15.9. The van der Waals surface area contributed by atoms with Crippen LogP contribution in [0.15, 0.2) is 84.9 Å². The van der Waals surface area contributed by atoms with Gasteiger partial charge in [0.05, 0.1) is 23.7 Å². The molecular formula is C32H36N5O6P. The number of fused-ring (bicyclic) bond motifs is 3. The number of nitrogens with one attached hydrogen (secondary N) is 1. The highest BCUT2D eigenvalue weighted by molar-refractivity contribution is 7.52. The number of carbonyl (C=O) groups is 1. The van der Waals surface area contributed by atoms with Crippen LogP contribution in [0.2, 0.25) is 0 Å². The first-order chi connectivity index (χ1) is 21.3. The van der Waals surface area contributed by atoms with Crippen LogP contribution in [-0.4, -0.2) is 39.3 Å². The summed E-state index contributed by atoms with van der Waals surface area (Å²) < 4.78 is 39.4. The fourth-order valence-corrected chi connectivity index (χ4v) is 6.45. The van der Waals surface area contributed by atoms with Crippen molar-refractivity contribution < 1.29 is 27.9 Å². The summed E-state index contributed by atoms with van der Waals surface area (Å²) in [5, 5.41) is 3.63. The van der Waals surface area contributed by atoms with Crippen LogP contribution in [0.25, 0.3) is 21.9 Å². The topological polar surface area (TPSA) is 140 Å². The lowest BCUT2D eigenvalue weighted by Crippen LogP contribution is -2.36. The van der Waals surface area contributed by atoms with Crippen molar-refractivity contribution in [3.8, 4) is 5.75 Å². The number of ether oxygens (including phenoxy) is 2. The zero-order chi connectivity index (χ0) is 31.1. The highest BCUT2D eigenvalue weighted by atomic mass is 31.2. The number of carbonyl (C=O) groups excluding carboxylic acids is 1. The highest BCUT2D eigenvalue weighted by Gasteiger charge is 2.34. The van der Waals surface area contributed by atoms with Gasteiger partial charge in [0.15, 0.2) is 5.82 Å². The number of hydrogen-bond acceptors (Lipinski definition) is 9. The molecule has 5 rings (SSSR count). The number of nitrogens with two attached hydrogens (primary N) is 1. The Kier molecular flexibility index (Phi) is 9.92. The molecule has 0 spiro atoms. The van der Waals surface area contributed by atoms with Crippen LogP contribution in [-0.2, 0) is 43.1 Å². The summed E-state index contributed by atoms with van der Waals surface area (Å²) in [4.78, 5) is 22.1. The van der Waals surface area contributed by atoms with Crippen LogP contribution in [0.4, 0.5) is 5.82 Å². The van der Waals surface area contributed by atoms with E-state index in [-0.39, 0.29) is 19.8 Å². The number of benzene rings is 3. The number of hydrogen-bond donors (Lipinski definition) is 2. The maximum absolute atomic E-state index is 14.3. The molecule has 11 nitrogen and oxygen atoms in total. The third-order valence-electron chi connectivity index (χ3n) is 6.78. The van der Waals surface area contributed by atoms with Crippen molar-refractivity contribution in [1.82, 2.24) is 19.6 Å². The quantitative estimate of drug-likeness (QED) is 0.112. The summed E-state index contributed by atoms with van der Waals surface area (Å²) in [5.41, 5.74) is 9.18. The summed E-state index contributed by atoms with van der Waals surface area (Å²) in [7, 11) is -4.13. The Bertz CT molecular complexity index is 1770. The van der Waals surface area contributed by atoms with E-state index in [4.69, 9.17) is 29.2 Å². The number of imidazole rings is 1. The predicted octanol–water partition coefficient (Wildman–Crippen LogP) is 6.02. The average Bonchev–Trinajstić information content (AvgIpc) is 3.38. The van der Waals surface area contributed by atoms with Crippen LogP contribution in [0.5, 0.6) is 5.75 Å². The molecule has 12 heteroatoms. The zero-order valence-electron chi connectivity index (χ0n) is 24.9. The molecule has 0 aliphatic heterocycles. The number of nitrogen functional groups attached to an aromatic ring is 1. The Labute approximate surface area is 255 Å². The fraction of sp³-hybridized carbons (Fsp3) is 0.281. The van der Waals surface area contributed by atoms with Crippen molar-refractivity contribution in [2.45, 2.75) is 52.7 Å². The van der Waals surface area contributed by atoms with E-state index in [2.05, 4.69) is 10.1 Å². The summed E-state index contributed by atoms with van der Waals surface area (Å²) in [6, 6.07) is 24.6. The molecule has 44 heavy (non-hydrogen) atoms. The van der Waals surface area contributed by atoms with E-state index in [1.165, 1.54) is 0 Å². The molecule has 0 aliphatic carbocycles. The molecule has 5 aromatic rings. The first kappa shape index (κ1) is 31.2. The maximum Gasteiger partial charge on any atom is 0.459 e. The van der Waals surface area contributed by atoms with Crippen molar-refractivity contribution in [3.05, 3.63) is 96.3 Å². The van der Waals surface area contributed by atoms with Gasteiger partial charge in [0.1, 0.15) is 36.3 Å². The first-order valence-electron chi connectivity index (χ1n) is 14.4. The second kappa shape index (κ2) is 14.0. The van der Waals surface area contributed by atoms with Gasteiger partial charge in [-0.1, -0.05) is 66.7 Å². The number of esters is 1. The third kappa shape index (κ3) is 7.43. The number of nitrogens with zero attached hydrogens (tertiary/aromatic N) is 3. The molecule has 0 amide bonds. The molecule has 1 unspecified atom stereocenters. The van der Waals surface area contributed by atoms with Gasteiger partial charge in [0, 0.05) is 12.0 Å². The van der Waals surface area contributed by atoms with Crippen LogP contribution in [0, 0.1) is 0 Å². The molecular weight excluding hydrogens is 581 g/mol. The maximum atomic E-state index is 14.3. The van der Waals surface area contributed by atoms with Crippen LogP contribution in [0.3, 0.4) is 0 Å². The second-order valence-corrected chi connectivity index (χ2v) is 11.9. The fourth-order valence-electron chi connectivity index (χ4n) is 4.77. The van der Waals surface area contributed by atoms with E-state index in [0.717, 1.165) is 22.0 Å². The minimum Gasteiger partial charge on any atom is -0.460 e. The van der Waals surface area contributed by atoms with Gasteiger partial charge in [0.25, 0.3) is 0 Å². The Morgan fingerprint density at radius 1 is 0.955 bits per heavy atom. The average molecular weight is 618 g/mol. The van der Waals surface area contributed by atoms with Gasteiger partial charge >= 0.3 is 13.7 Å². The van der Waals surface area contributed by atoms with Crippen molar-refractivity contribution in [2.75, 3.05) is 12.3 Å². The van der Waals surface area contributed by atoms with Gasteiger partial charge in [0.2, 0.25) is 0 Å². The molecule has 3 aromatic carbocycles. The lowest BCUT2D eigenvalue weighted by atomic mass is 10.2. The van der Waals surface area contributed by atoms with Gasteiger partial charge in [-0.15, -0.1) is 0 Å². The van der Waals surface area contributed by atoms with Crippen LogP contribution in [0.1, 0.15) is 32.2 Å². The van der Waals surface area contributed by atoms with E-state index in [1.807, 2.05) is 72.2 Å². The predicted molar refractivity (Wildman–Crippen MR) is 169 cm³/mol. The number of rotatable bonds is 14. The molecule has 0 saturated heterocycles. The molecule has 2 heterocycles. The zero-order valence-corrected chi connectivity index (χ0v) is 25.8. The summed E-state index contributed by atoms with van der Waals surface area (Å²) in [6.45, 7) is 6.24. The molecule has 0 radical (unpaired) electrons. The molecule has 3 atom stereocenters. The lowest BCUT2D eigenvalue weighted by Gasteiger charge is -2.26. The van der Waals surface area contributed by atoms with Crippen molar-refractivity contribution in [1.29, 1.82) is 0 Å². The van der Waals surface area contributed by atoms with Crippen LogP contribution >= 0.6 is 7.75 Å². The summed E-state index contributed by atoms with van der Waals surface area (Å²) in [6.07, 6.45) is -0.685. The number of para-hydroxylation sites is 2. The van der Waals surface area contributed by atoms with Crippen molar-refractivity contribution >= 4 is 41.5 Å². The molecule has 230 valence electrons. The molecule has 0 aliphatic rings. The van der Waals surface area contributed by atoms with Crippen molar-refractivity contribution in [2.24, 2.45) is 0 Å². The molecule has 0 saturated carbocycles. The van der Waals surface area contributed by atoms with Gasteiger partial charge in [-0.05, 0) is 44.5 Å². The van der Waals surface area contributed by atoms with Gasteiger partial charge in [-0.2, -0.15) is 5.09 Å². The Hall–Kier alpha value is -4.28. The number of anilines is 1. The normalized spacial score (nSPS) is 14.2. The van der Waals surface area contributed by atoms with Gasteiger partial charge in [-0.3, -0.25) is 9.32 Å². The minimum atomic E-state index is -4.13. The monoisotopic (exact) mass is 617 g/mol. The highest BCUT2D eigenvalue weighted by Crippen LogP contribution is 2.46. The van der Waals surface area contributed by atoms with E-state index < -0.39 is 25.9 Å². The SMILES string of the molecule is CCOCc1nc2c(N)nc3ccccc3c2n1C[C@@H](C)OP(=O)(N[C@@H](C)C(=O)OCc1ccccc1)Oc1ccccc1. The van der Waals surface area contributed by atoms with E-state index in [1.54, 1.807) is 38.1 Å². The Morgan fingerprint density at radius 3 is 2.36 bits per heavy atom. The lowest BCUT2D eigenvalue weighted by molar-refractivity contribution is -0.146. The number of aromatic nitrogens is 3. The van der Waals surface area contributed by atoms with Gasteiger partial charge < -0.3 is 24.3 Å². The minimum absolute atomic E-state index is 0.0784.